The van der Waals surface area contributed by atoms with Crippen molar-refractivity contribution >= 4 is 36.2 Å². The quantitative estimate of drug-likeness (QED) is 0.0760. The van der Waals surface area contributed by atoms with Crippen molar-refractivity contribution in [1.29, 1.82) is 0 Å². The van der Waals surface area contributed by atoms with Crippen LogP contribution in [0.15, 0.2) is 107 Å². The summed E-state index contributed by atoms with van der Waals surface area (Å²) in [7, 11) is 0. The van der Waals surface area contributed by atoms with Crippen LogP contribution in [-0.4, -0.2) is 49.4 Å². The van der Waals surface area contributed by atoms with E-state index >= 15 is 0 Å². The van der Waals surface area contributed by atoms with Gasteiger partial charge in [-0.3, -0.25) is 9.59 Å². The minimum Gasteiger partial charge on any atom is -0.490 e. The number of benzene rings is 4. The van der Waals surface area contributed by atoms with Crippen LogP contribution >= 0.6 is 0 Å². The minimum atomic E-state index is -0.520. The van der Waals surface area contributed by atoms with Crippen molar-refractivity contribution in [3.05, 3.63) is 119 Å². The summed E-state index contributed by atoms with van der Waals surface area (Å²) < 4.78 is 22.2. The molecular weight excluding hydrogens is 616 g/mol. The van der Waals surface area contributed by atoms with E-state index in [2.05, 4.69) is 21.1 Å². The first kappa shape index (κ1) is 34.6. The van der Waals surface area contributed by atoms with Crippen LogP contribution in [0.1, 0.15) is 58.5 Å². The van der Waals surface area contributed by atoms with Gasteiger partial charge in [0.25, 0.3) is 0 Å². The van der Waals surface area contributed by atoms with E-state index in [1.165, 1.54) is 12.4 Å². The second kappa shape index (κ2) is 18.0. The summed E-state index contributed by atoms with van der Waals surface area (Å²) in [4.78, 5) is 49.4. The average Bonchev–Trinajstić information content (AvgIpc) is 3.10. The lowest BCUT2D eigenvalue weighted by Gasteiger charge is -2.11. The van der Waals surface area contributed by atoms with E-state index in [0.29, 0.717) is 47.0 Å². The Kier molecular flexibility index (Phi) is 13.0. The Morgan fingerprint density at radius 2 is 0.958 bits per heavy atom. The molecule has 4 rings (SSSR count). The highest BCUT2D eigenvalue weighted by Gasteiger charge is 2.14. The molecule has 0 unspecified atom stereocenters. The SMILES string of the molecule is CCOc1cc(/C=N/NC(=O)CCC(=O)N/N=C/c2ccc(OC(=O)c3ccccc3)c(OCC)c2)ccc1OC(=O)c1ccccc1. The summed E-state index contributed by atoms with van der Waals surface area (Å²) in [5.41, 5.74) is 6.72. The van der Waals surface area contributed by atoms with Gasteiger partial charge in [-0.2, -0.15) is 10.2 Å². The highest BCUT2D eigenvalue weighted by molar-refractivity contribution is 5.92. The summed E-state index contributed by atoms with van der Waals surface area (Å²) in [5.74, 6) is -0.830. The minimum absolute atomic E-state index is 0.132. The molecule has 0 atom stereocenters. The number of esters is 2. The van der Waals surface area contributed by atoms with Gasteiger partial charge in [0.2, 0.25) is 11.8 Å². The maximum atomic E-state index is 12.4. The average molecular weight is 651 g/mol. The zero-order valence-electron chi connectivity index (χ0n) is 26.4. The second-order valence-corrected chi connectivity index (χ2v) is 9.88. The number of nitrogens with one attached hydrogen (secondary N) is 2. The van der Waals surface area contributed by atoms with Gasteiger partial charge in [0.1, 0.15) is 0 Å². The van der Waals surface area contributed by atoms with Crippen molar-refractivity contribution in [3.8, 4) is 23.0 Å². The number of hydrazone groups is 2. The molecule has 0 heterocycles. The standard InChI is InChI=1S/C36H34N4O8/c1-3-45-31-21-25(15-17-29(31)47-35(43)27-11-7-5-8-12-27)23-37-39-33(41)19-20-34(42)40-38-24-26-16-18-30(32(22-26)46-4-2)48-36(44)28-13-9-6-10-14-28/h5-18,21-24H,3-4,19-20H2,1-2H3,(H,39,41)(H,40,42)/b37-23+,38-24+. The van der Waals surface area contributed by atoms with Gasteiger partial charge >= 0.3 is 11.9 Å². The van der Waals surface area contributed by atoms with Gasteiger partial charge in [0.15, 0.2) is 23.0 Å². The Labute approximate surface area is 277 Å². The fourth-order valence-corrected chi connectivity index (χ4v) is 4.08. The summed E-state index contributed by atoms with van der Waals surface area (Å²) in [6, 6.07) is 26.9. The Hall–Kier alpha value is -6.30. The molecule has 0 spiro atoms. The summed E-state index contributed by atoms with van der Waals surface area (Å²) >= 11 is 0. The lowest BCUT2D eigenvalue weighted by atomic mass is 10.2. The van der Waals surface area contributed by atoms with Gasteiger partial charge in [-0.1, -0.05) is 36.4 Å². The molecule has 2 N–H and O–H groups in total. The van der Waals surface area contributed by atoms with Crippen LogP contribution in [0.4, 0.5) is 0 Å². The first-order valence-corrected chi connectivity index (χ1v) is 15.1. The third-order valence-electron chi connectivity index (χ3n) is 6.34. The van der Waals surface area contributed by atoms with E-state index < -0.39 is 23.8 Å². The summed E-state index contributed by atoms with van der Waals surface area (Å²) in [6.45, 7) is 4.28. The molecule has 0 fully saturated rings. The Morgan fingerprint density at radius 3 is 1.33 bits per heavy atom. The Bertz CT molecular complexity index is 1640. The van der Waals surface area contributed by atoms with Crippen molar-refractivity contribution < 1.29 is 38.1 Å². The third kappa shape index (κ3) is 10.7. The molecule has 12 nitrogen and oxygen atoms in total. The Balaban J connectivity index is 1.23. The van der Waals surface area contributed by atoms with Crippen molar-refractivity contribution in [2.75, 3.05) is 13.2 Å². The molecule has 0 aromatic heterocycles. The lowest BCUT2D eigenvalue weighted by molar-refractivity contribution is -0.126. The first-order chi connectivity index (χ1) is 23.4. The van der Waals surface area contributed by atoms with Gasteiger partial charge in [-0.05, 0) is 85.6 Å². The number of rotatable bonds is 15. The number of hydrogen-bond donors (Lipinski definition) is 2. The van der Waals surface area contributed by atoms with Crippen molar-refractivity contribution in [2.24, 2.45) is 10.2 Å². The lowest BCUT2D eigenvalue weighted by Crippen LogP contribution is -2.22. The zero-order valence-corrected chi connectivity index (χ0v) is 26.4. The molecule has 0 saturated carbocycles. The van der Waals surface area contributed by atoms with Gasteiger partial charge in [-0.25, -0.2) is 20.4 Å². The molecule has 0 saturated heterocycles. The van der Waals surface area contributed by atoms with Crippen LogP contribution in [0, 0.1) is 0 Å². The molecule has 0 aliphatic rings. The maximum Gasteiger partial charge on any atom is 0.343 e. The van der Waals surface area contributed by atoms with E-state index in [4.69, 9.17) is 18.9 Å². The predicted octanol–water partition coefficient (Wildman–Crippen LogP) is 5.30. The van der Waals surface area contributed by atoms with E-state index in [1.807, 2.05) is 0 Å². The molecule has 0 aliphatic carbocycles. The van der Waals surface area contributed by atoms with E-state index in [0.717, 1.165) is 0 Å². The van der Waals surface area contributed by atoms with Crippen molar-refractivity contribution in [1.82, 2.24) is 10.9 Å². The van der Waals surface area contributed by atoms with Gasteiger partial charge in [-0.15, -0.1) is 0 Å². The van der Waals surface area contributed by atoms with Crippen LogP contribution in [0.2, 0.25) is 0 Å². The Morgan fingerprint density at radius 1 is 0.562 bits per heavy atom. The van der Waals surface area contributed by atoms with Crippen LogP contribution in [0.3, 0.4) is 0 Å². The highest BCUT2D eigenvalue weighted by atomic mass is 16.6. The van der Waals surface area contributed by atoms with Crippen LogP contribution in [-0.2, 0) is 9.59 Å². The predicted molar refractivity (Wildman–Crippen MR) is 179 cm³/mol. The summed E-state index contributed by atoms with van der Waals surface area (Å²) in [5, 5.41) is 7.87. The second-order valence-electron chi connectivity index (χ2n) is 9.88. The fraction of sp³-hybridized carbons (Fsp3) is 0.167. The summed E-state index contributed by atoms with van der Waals surface area (Å²) in [6.07, 6.45) is 2.54. The molecule has 48 heavy (non-hydrogen) atoms. The van der Waals surface area contributed by atoms with E-state index in [-0.39, 0.29) is 24.3 Å². The first-order valence-electron chi connectivity index (χ1n) is 15.1. The van der Waals surface area contributed by atoms with E-state index in [1.54, 1.807) is 111 Å². The van der Waals surface area contributed by atoms with Crippen LogP contribution < -0.4 is 29.8 Å². The van der Waals surface area contributed by atoms with Crippen molar-refractivity contribution in [3.63, 3.8) is 0 Å². The van der Waals surface area contributed by atoms with Gasteiger partial charge in [0.05, 0.1) is 36.8 Å². The monoisotopic (exact) mass is 650 g/mol. The number of nitrogens with zero attached hydrogens (tertiary/aromatic N) is 2. The van der Waals surface area contributed by atoms with E-state index in [9.17, 15) is 19.2 Å². The van der Waals surface area contributed by atoms with Crippen LogP contribution in [0.25, 0.3) is 0 Å². The molecule has 4 aromatic rings. The molecule has 4 aromatic carbocycles. The van der Waals surface area contributed by atoms with Crippen LogP contribution in [0.5, 0.6) is 23.0 Å². The largest absolute Gasteiger partial charge is 0.490 e. The van der Waals surface area contributed by atoms with Crippen molar-refractivity contribution in [2.45, 2.75) is 26.7 Å². The fourth-order valence-electron chi connectivity index (χ4n) is 4.08. The smallest absolute Gasteiger partial charge is 0.343 e. The molecule has 246 valence electrons. The molecule has 0 bridgehead atoms. The third-order valence-corrected chi connectivity index (χ3v) is 6.34. The topological polar surface area (TPSA) is 154 Å². The number of carbonyl (C=O) groups excluding carboxylic acids is 4. The number of hydrogen-bond acceptors (Lipinski definition) is 10. The van der Waals surface area contributed by atoms with Gasteiger partial charge < -0.3 is 18.9 Å². The molecule has 2 amide bonds. The maximum absolute atomic E-state index is 12.4. The van der Waals surface area contributed by atoms with Gasteiger partial charge in [0, 0.05) is 12.8 Å². The zero-order chi connectivity index (χ0) is 34.1. The highest BCUT2D eigenvalue weighted by Crippen LogP contribution is 2.30. The molecular formula is C36H34N4O8. The molecule has 0 aliphatic heterocycles. The number of ether oxygens (including phenoxy) is 4. The molecule has 12 heteroatoms. The molecule has 0 radical (unpaired) electrons. The number of carbonyl (C=O) groups is 4. The number of amides is 2. The normalized spacial score (nSPS) is 10.8.